The Balaban J connectivity index is 1.70. The number of aryl methyl sites for hydroxylation is 3. The molecule has 3 rings (SSSR count). The van der Waals surface area contributed by atoms with Crippen LogP contribution in [-0.2, 0) is 11.4 Å². The number of ether oxygens (including phenoxy) is 1. The van der Waals surface area contributed by atoms with Crippen LogP contribution in [0.4, 0.5) is 0 Å². The summed E-state index contributed by atoms with van der Waals surface area (Å²) in [6, 6.07) is 11.6. The maximum absolute atomic E-state index is 6.01. The minimum Gasteiger partial charge on any atom is -0.496 e. The second kappa shape index (κ2) is 7.90. The summed E-state index contributed by atoms with van der Waals surface area (Å²) in [4.78, 5) is 9.82. The number of oxime groups is 1. The highest BCUT2D eigenvalue weighted by atomic mass is 16.6. The smallest absolute Gasteiger partial charge is 0.171 e. The molecule has 1 aromatic carbocycles. The maximum atomic E-state index is 6.01. The molecule has 0 amide bonds. The van der Waals surface area contributed by atoms with Gasteiger partial charge in [0.25, 0.3) is 0 Å². The van der Waals surface area contributed by atoms with E-state index in [4.69, 9.17) is 15.3 Å². The average Bonchev–Trinajstić information content (AvgIpc) is 3.00. The third-order valence-electron chi connectivity index (χ3n) is 4.09. The highest BCUT2D eigenvalue weighted by molar-refractivity contribution is 5.96. The summed E-state index contributed by atoms with van der Waals surface area (Å²) in [5.41, 5.74) is 10.7. The molecule has 7 heteroatoms. The van der Waals surface area contributed by atoms with Crippen LogP contribution in [0.15, 0.2) is 47.8 Å². The summed E-state index contributed by atoms with van der Waals surface area (Å²) in [6.07, 6.45) is 1.65. The van der Waals surface area contributed by atoms with Gasteiger partial charge in [0.05, 0.1) is 12.8 Å². The van der Waals surface area contributed by atoms with Gasteiger partial charge in [-0.3, -0.25) is 0 Å². The van der Waals surface area contributed by atoms with E-state index in [2.05, 4.69) is 15.2 Å². The zero-order chi connectivity index (χ0) is 19.4. The van der Waals surface area contributed by atoms with E-state index >= 15 is 0 Å². The number of nitrogens with zero attached hydrogens (tertiary/aromatic N) is 4. The number of amidine groups is 1. The van der Waals surface area contributed by atoms with Crippen LogP contribution in [0.5, 0.6) is 5.75 Å². The Hall–Kier alpha value is -3.35. The Morgan fingerprint density at radius 3 is 2.59 bits per heavy atom. The Morgan fingerprint density at radius 1 is 1.15 bits per heavy atom. The Kier molecular flexibility index (Phi) is 5.40. The third-order valence-corrected chi connectivity index (χ3v) is 4.09. The highest BCUT2D eigenvalue weighted by Gasteiger charge is 2.07. The van der Waals surface area contributed by atoms with Crippen molar-refractivity contribution < 1.29 is 9.57 Å². The van der Waals surface area contributed by atoms with E-state index in [0.29, 0.717) is 5.56 Å². The van der Waals surface area contributed by atoms with Gasteiger partial charge in [-0.2, -0.15) is 5.10 Å². The third kappa shape index (κ3) is 4.25. The van der Waals surface area contributed by atoms with Crippen molar-refractivity contribution in [2.75, 3.05) is 7.11 Å². The van der Waals surface area contributed by atoms with Crippen LogP contribution >= 0.6 is 0 Å². The lowest BCUT2D eigenvalue weighted by Gasteiger charge is -2.09. The van der Waals surface area contributed by atoms with Gasteiger partial charge in [0.15, 0.2) is 11.7 Å². The van der Waals surface area contributed by atoms with E-state index in [1.54, 1.807) is 18.0 Å². The summed E-state index contributed by atoms with van der Waals surface area (Å²) in [5.74, 6) is 1.74. The van der Waals surface area contributed by atoms with Gasteiger partial charge in [-0.1, -0.05) is 16.8 Å². The zero-order valence-electron chi connectivity index (χ0n) is 15.9. The molecule has 0 bridgehead atoms. The number of pyridine rings is 1. The molecule has 0 atom stereocenters. The van der Waals surface area contributed by atoms with Crippen molar-refractivity contribution >= 4 is 5.84 Å². The number of rotatable bonds is 6. The molecule has 7 nitrogen and oxygen atoms in total. The average molecular weight is 365 g/mol. The predicted molar refractivity (Wildman–Crippen MR) is 104 cm³/mol. The van der Waals surface area contributed by atoms with E-state index in [9.17, 15) is 0 Å². The predicted octanol–water partition coefficient (Wildman–Crippen LogP) is 3.04. The number of aromatic nitrogens is 3. The lowest BCUT2D eigenvalue weighted by molar-refractivity contribution is 0.128. The number of benzene rings is 1. The molecule has 2 aromatic heterocycles. The maximum Gasteiger partial charge on any atom is 0.171 e. The zero-order valence-corrected chi connectivity index (χ0v) is 15.9. The second-order valence-corrected chi connectivity index (χ2v) is 6.31. The highest BCUT2D eigenvalue weighted by Crippen LogP contribution is 2.20. The summed E-state index contributed by atoms with van der Waals surface area (Å²) in [6.45, 7) is 6.21. The number of hydrogen-bond donors (Lipinski definition) is 1. The fourth-order valence-corrected chi connectivity index (χ4v) is 2.77. The first-order valence-electron chi connectivity index (χ1n) is 8.57. The molecule has 0 saturated heterocycles. The Morgan fingerprint density at radius 2 is 1.96 bits per heavy atom. The van der Waals surface area contributed by atoms with Crippen molar-refractivity contribution in [3.8, 4) is 11.6 Å². The summed E-state index contributed by atoms with van der Waals surface area (Å²) in [7, 11) is 1.63. The fourth-order valence-electron chi connectivity index (χ4n) is 2.77. The minimum atomic E-state index is 0.258. The molecule has 0 saturated carbocycles. The lowest BCUT2D eigenvalue weighted by atomic mass is 10.1. The SMILES string of the molecule is COc1ccc(C)cc1CON=C(N)c1ccc(-n2nc(C)cc2C)nc1. The molecule has 2 heterocycles. The van der Waals surface area contributed by atoms with Crippen LogP contribution in [0.25, 0.3) is 5.82 Å². The molecule has 0 radical (unpaired) electrons. The number of methoxy groups -OCH3 is 1. The van der Waals surface area contributed by atoms with Crippen LogP contribution in [0.2, 0.25) is 0 Å². The first kappa shape index (κ1) is 18.4. The van der Waals surface area contributed by atoms with Crippen LogP contribution in [0, 0.1) is 20.8 Å². The first-order valence-corrected chi connectivity index (χ1v) is 8.57. The molecule has 0 unspecified atom stereocenters. The molecule has 0 fully saturated rings. The molecule has 0 aliphatic carbocycles. The van der Waals surface area contributed by atoms with E-state index in [-0.39, 0.29) is 12.4 Å². The van der Waals surface area contributed by atoms with Crippen LogP contribution in [0.3, 0.4) is 0 Å². The summed E-state index contributed by atoms with van der Waals surface area (Å²) >= 11 is 0. The molecule has 0 aliphatic heterocycles. The van der Waals surface area contributed by atoms with E-state index < -0.39 is 0 Å². The number of nitrogens with two attached hydrogens (primary N) is 1. The first-order chi connectivity index (χ1) is 13.0. The van der Waals surface area contributed by atoms with E-state index in [0.717, 1.165) is 34.1 Å². The van der Waals surface area contributed by atoms with Crippen molar-refractivity contribution in [2.45, 2.75) is 27.4 Å². The van der Waals surface area contributed by atoms with Gasteiger partial charge in [0, 0.05) is 23.0 Å². The van der Waals surface area contributed by atoms with Crippen molar-refractivity contribution in [3.63, 3.8) is 0 Å². The van der Waals surface area contributed by atoms with Gasteiger partial charge >= 0.3 is 0 Å². The molecule has 140 valence electrons. The van der Waals surface area contributed by atoms with E-state index in [1.807, 2.05) is 57.2 Å². The van der Waals surface area contributed by atoms with Gasteiger partial charge in [-0.15, -0.1) is 0 Å². The monoisotopic (exact) mass is 365 g/mol. The van der Waals surface area contributed by atoms with Crippen molar-refractivity contribution in [3.05, 3.63) is 70.7 Å². The molecule has 0 spiro atoms. The van der Waals surface area contributed by atoms with Crippen molar-refractivity contribution in [1.82, 2.24) is 14.8 Å². The van der Waals surface area contributed by atoms with Gasteiger partial charge < -0.3 is 15.3 Å². The van der Waals surface area contributed by atoms with Crippen LogP contribution in [0.1, 0.15) is 28.1 Å². The van der Waals surface area contributed by atoms with E-state index in [1.165, 1.54) is 0 Å². The Labute approximate surface area is 158 Å². The molecular formula is C20H23N5O2. The lowest BCUT2D eigenvalue weighted by Crippen LogP contribution is -2.15. The minimum absolute atomic E-state index is 0.258. The van der Waals surface area contributed by atoms with Gasteiger partial charge in [0.2, 0.25) is 0 Å². The molecule has 3 aromatic rings. The largest absolute Gasteiger partial charge is 0.496 e. The van der Waals surface area contributed by atoms with Crippen LogP contribution < -0.4 is 10.5 Å². The molecule has 2 N–H and O–H groups in total. The molecule has 0 aliphatic rings. The van der Waals surface area contributed by atoms with Gasteiger partial charge in [0.1, 0.15) is 12.4 Å². The summed E-state index contributed by atoms with van der Waals surface area (Å²) in [5, 5.41) is 8.41. The fraction of sp³-hybridized carbons (Fsp3) is 0.250. The number of hydrogen-bond acceptors (Lipinski definition) is 5. The molecule has 27 heavy (non-hydrogen) atoms. The van der Waals surface area contributed by atoms with Crippen molar-refractivity contribution in [2.24, 2.45) is 10.9 Å². The van der Waals surface area contributed by atoms with Gasteiger partial charge in [-0.25, -0.2) is 9.67 Å². The molecular weight excluding hydrogens is 342 g/mol. The standard InChI is InChI=1S/C20H23N5O2/c1-13-5-7-18(26-4)17(9-13)12-27-24-20(21)16-6-8-19(22-11-16)25-15(3)10-14(2)23-25/h5-11H,12H2,1-4H3,(H2,21,24). The van der Waals surface area contributed by atoms with Crippen molar-refractivity contribution in [1.29, 1.82) is 0 Å². The topological polar surface area (TPSA) is 87.5 Å². The van der Waals surface area contributed by atoms with Crippen LogP contribution in [-0.4, -0.2) is 27.7 Å². The quantitative estimate of drug-likeness (QED) is 0.412. The normalized spacial score (nSPS) is 11.5. The summed E-state index contributed by atoms with van der Waals surface area (Å²) < 4.78 is 7.12. The Bertz CT molecular complexity index is 961. The second-order valence-electron chi connectivity index (χ2n) is 6.31. The van der Waals surface area contributed by atoms with Gasteiger partial charge in [-0.05, 0) is 51.1 Å².